The molecule has 8 heteroatoms. The van der Waals surface area contributed by atoms with Crippen molar-refractivity contribution in [3.63, 3.8) is 0 Å². The van der Waals surface area contributed by atoms with E-state index >= 15 is 0 Å². The van der Waals surface area contributed by atoms with E-state index < -0.39 is 22.1 Å². The first-order valence-electron chi connectivity index (χ1n) is 9.33. The third-order valence-corrected chi connectivity index (χ3v) is 7.42. The molecule has 0 aliphatic heterocycles. The Morgan fingerprint density at radius 3 is 2.03 bits per heavy atom. The van der Waals surface area contributed by atoms with Gasteiger partial charge in [0.05, 0.1) is 10.5 Å². The number of esters is 1. The lowest BCUT2D eigenvalue weighted by molar-refractivity contribution is 0.0318. The van der Waals surface area contributed by atoms with Gasteiger partial charge in [0, 0.05) is 24.1 Å². The fraction of sp³-hybridized carbons (Fsp3) is 0.364. The smallest absolute Gasteiger partial charge is 0.338 e. The van der Waals surface area contributed by atoms with Gasteiger partial charge in [-0.05, 0) is 52.0 Å². The minimum absolute atomic E-state index is 0.0359. The van der Waals surface area contributed by atoms with Crippen LogP contribution < -0.4 is 0 Å². The molecule has 1 atom stereocenters. The zero-order chi connectivity index (χ0) is 22.9. The van der Waals surface area contributed by atoms with Crippen molar-refractivity contribution in [3.05, 3.63) is 63.6 Å². The second-order valence-electron chi connectivity index (χ2n) is 8.17. The first-order chi connectivity index (χ1) is 13.7. The molecule has 0 bridgehead atoms. The number of carbonyl (C=O) groups is 2. The van der Waals surface area contributed by atoms with Crippen LogP contribution in [0, 0.1) is 0 Å². The van der Waals surface area contributed by atoms with Crippen LogP contribution in [0.25, 0.3) is 0 Å². The number of rotatable bonds is 6. The molecule has 0 spiro atoms. The van der Waals surface area contributed by atoms with Gasteiger partial charge in [0.15, 0.2) is 6.10 Å². The molecule has 162 valence electrons. The van der Waals surface area contributed by atoms with E-state index in [4.69, 9.17) is 4.74 Å². The second kappa shape index (κ2) is 8.99. The van der Waals surface area contributed by atoms with Crippen LogP contribution in [-0.4, -0.2) is 44.7 Å². The van der Waals surface area contributed by atoms with Gasteiger partial charge in [-0.15, -0.1) is 0 Å². The van der Waals surface area contributed by atoms with Crippen LogP contribution in [0.15, 0.2) is 51.8 Å². The van der Waals surface area contributed by atoms with Gasteiger partial charge in [-0.2, -0.15) is 0 Å². The molecule has 30 heavy (non-hydrogen) atoms. The van der Waals surface area contributed by atoms with Crippen LogP contribution in [0.3, 0.4) is 0 Å². The highest BCUT2D eigenvalue weighted by molar-refractivity contribution is 9.10. The minimum Gasteiger partial charge on any atom is -0.451 e. The van der Waals surface area contributed by atoms with Crippen LogP contribution in [0.5, 0.6) is 0 Å². The van der Waals surface area contributed by atoms with E-state index in [0.29, 0.717) is 10.0 Å². The normalized spacial score (nSPS) is 13.2. The predicted molar refractivity (Wildman–Crippen MR) is 119 cm³/mol. The van der Waals surface area contributed by atoms with E-state index in [1.165, 1.54) is 39.2 Å². The van der Waals surface area contributed by atoms with Crippen LogP contribution >= 0.6 is 15.9 Å². The zero-order valence-electron chi connectivity index (χ0n) is 17.9. The highest BCUT2D eigenvalue weighted by Crippen LogP contribution is 2.26. The number of Topliss-reactive ketones (excluding diaryl/α,β-unsaturated/α-hetero) is 1. The van der Waals surface area contributed by atoms with Crippen molar-refractivity contribution in [2.45, 2.75) is 44.1 Å². The molecular weight excluding hydrogens is 470 g/mol. The molecule has 0 fully saturated rings. The van der Waals surface area contributed by atoms with Crippen molar-refractivity contribution in [3.8, 4) is 0 Å². The Morgan fingerprint density at radius 1 is 1.00 bits per heavy atom. The standard InChI is InChI=1S/C22H26BrNO5S/c1-14(20(25)15-7-10-17(11-8-15)22(2,3)4)29-21(26)16-9-12-18(23)19(13-16)30(27,28)24(5)6/h7-14H,1-6H3. The van der Waals surface area contributed by atoms with Gasteiger partial charge in [-0.3, -0.25) is 4.79 Å². The SMILES string of the molecule is CC(OC(=O)c1ccc(Br)c(S(=O)(=O)N(C)C)c1)C(=O)c1ccc(C(C)(C)C)cc1. The quantitative estimate of drug-likeness (QED) is 0.437. The van der Waals surface area contributed by atoms with Crippen molar-refractivity contribution in [1.82, 2.24) is 4.31 Å². The van der Waals surface area contributed by atoms with Gasteiger partial charge in [-0.1, -0.05) is 45.0 Å². The van der Waals surface area contributed by atoms with E-state index in [9.17, 15) is 18.0 Å². The van der Waals surface area contributed by atoms with E-state index in [1.54, 1.807) is 12.1 Å². The van der Waals surface area contributed by atoms with Crippen molar-refractivity contribution in [1.29, 1.82) is 0 Å². The third kappa shape index (κ3) is 5.36. The van der Waals surface area contributed by atoms with Gasteiger partial charge in [0.2, 0.25) is 15.8 Å². The summed E-state index contributed by atoms with van der Waals surface area (Å²) in [5, 5.41) is 0. The van der Waals surface area contributed by atoms with Crippen LogP contribution in [0.2, 0.25) is 0 Å². The maximum Gasteiger partial charge on any atom is 0.338 e. The molecule has 0 N–H and O–H groups in total. The Morgan fingerprint density at radius 2 is 1.53 bits per heavy atom. The molecule has 0 amide bonds. The molecule has 0 aliphatic carbocycles. The van der Waals surface area contributed by atoms with Gasteiger partial charge < -0.3 is 4.74 Å². The van der Waals surface area contributed by atoms with E-state index in [2.05, 4.69) is 36.7 Å². The Kier molecular flexibility index (Phi) is 7.27. The van der Waals surface area contributed by atoms with Crippen molar-refractivity contribution >= 4 is 37.7 Å². The van der Waals surface area contributed by atoms with E-state index in [0.717, 1.165) is 9.87 Å². The summed E-state index contributed by atoms with van der Waals surface area (Å²) in [7, 11) is -0.953. The van der Waals surface area contributed by atoms with Crippen LogP contribution in [0.1, 0.15) is 54.0 Å². The summed E-state index contributed by atoms with van der Waals surface area (Å²) >= 11 is 3.20. The summed E-state index contributed by atoms with van der Waals surface area (Å²) in [5.74, 6) is -1.10. The predicted octanol–water partition coefficient (Wildman–Crippen LogP) is 4.43. The largest absolute Gasteiger partial charge is 0.451 e. The number of hydrogen-bond donors (Lipinski definition) is 0. The summed E-state index contributed by atoms with van der Waals surface area (Å²) in [5.41, 5.74) is 1.54. The van der Waals surface area contributed by atoms with Crippen molar-refractivity contribution in [2.24, 2.45) is 0 Å². The van der Waals surface area contributed by atoms with Crippen LogP contribution in [-0.2, 0) is 20.2 Å². The summed E-state index contributed by atoms with van der Waals surface area (Å²) in [4.78, 5) is 25.1. The molecule has 0 aromatic heterocycles. The van der Waals surface area contributed by atoms with Crippen LogP contribution in [0.4, 0.5) is 0 Å². The highest BCUT2D eigenvalue weighted by atomic mass is 79.9. The maximum atomic E-state index is 12.7. The fourth-order valence-corrected chi connectivity index (χ4v) is 4.52. The van der Waals surface area contributed by atoms with Gasteiger partial charge in [0.25, 0.3) is 0 Å². The van der Waals surface area contributed by atoms with Crippen molar-refractivity contribution < 1.29 is 22.7 Å². The van der Waals surface area contributed by atoms with E-state index in [-0.39, 0.29) is 21.7 Å². The van der Waals surface area contributed by atoms with Gasteiger partial charge in [0.1, 0.15) is 0 Å². The number of carbonyl (C=O) groups excluding carboxylic acids is 2. The molecule has 0 saturated carbocycles. The summed E-state index contributed by atoms with van der Waals surface area (Å²) < 4.78 is 31.5. The lowest BCUT2D eigenvalue weighted by Crippen LogP contribution is -2.25. The fourth-order valence-electron chi connectivity index (χ4n) is 2.68. The Hall–Kier alpha value is -2.03. The molecular formula is C22H26BrNO5S. The van der Waals surface area contributed by atoms with Crippen molar-refractivity contribution in [2.75, 3.05) is 14.1 Å². The Labute approximate surface area is 186 Å². The second-order valence-corrected chi connectivity index (χ2v) is 11.1. The average molecular weight is 496 g/mol. The molecule has 2 rings (SSSR count). The van der Waals surface area contributed by atoms with Gasteiger partial charge in [-0.25, -0.2) is 17.5 Å². The lowest BCUT2D eigenvalue weighted by atomic mass is 9.86. The molecule has 0 radical (unpaired) electrons. The first kappa shape index (κ1) is 24.2. The number of ether oxygens (including phenoxy) is 1. The summed E-state index contributed by atoms with van der Waals surface area (Å²) in [6.45, 7) is 7.74. The van der Waals surface area contributed by atoms with E-state index in [1.807, 2.05) is 12.1 Å². The number of nitrogens with zero attached hydrogens (tertiary/aromatic N) is 1. The number of halogens is 1. The molecule has 2 aromatic rings. The molecule has 2 aromatic carbocycles. The summed E-state index contributed by atoms with van der Waals surface area (Å²) in [6.07, 6.45) is -1.02. The lowest BCUT2D eigenvalue weighted by Gasteiger charge is -2.19. The molecule has 0 saturated heterocycles. The monoisotopic (exact) mass is 495 g/mol. The maximum absolute atomic E-state index is 12.7. The summed E-state index contributed by atoms with van der Waals surface area (Å²) in [6, 6.07) is 11.3. The number of benzene rings is 2. The van der Waals surface area contributed by atoms with Gasteiger partial charge >= 0.3 is 5.97 Å². The molecule has 1 unspecified atom stereocenters. The topological polar surface area (TPSA) is 80.8 Å². The average Bonchev–Trinajstić information content (AvgIpc) is 2.66. The Balaban J connectivity index is 2.20. The number of hydrogen-bond acceptors (Lipinski definition) is 5. The highest BCUT2D eigenvalue weighted by Gasteiger charge is 2.25. The molecule has 6 nitrogen and oxygen atoms in total. The minimum atomic E-state index is -3.76. The zero-order valence-corrected chi connectivity index (χ0v) is 20.3. The molecule has 0 heterocycles. The number of ketones is 1. The first-order valence-corrected chi connectivity index (χ1v) is 11.6. The molecule has 0 aliphatic rings. The third-order valence-electron chi connectivity index (χ3n) is 4.61. The number of sulfonamides is 1. The Bertz CT molecular complexity index is 1050.